The summed E-state index contributed by atoms with van der Waals surface area (Å²) in [4.78, 5) is 11.7. The van der Waals surface area contributed by atoms with Gasteiger partial charge < -0.3 is 5.11 Å². The minimum Gasteiger partial charge on any atom is -0.505 e. The van der Waals surface area contributed by atoms with Crippen LogP contribution in [0.4, 0.5) is 0 Å². The van der Waals surface area contributed by atoms with Crippen LogP contribution in [-0.2, 0) is 0 Å². The second-order valence-electron chi connectivity index (χ2n) is 3.53. The number of fused-ring (bicyclic) bond motifs is 1. The van der Waals surface area contributed by atoms with Crippen molar-refractivity contribution in [2.45, 2.75) is 20.3 Å². The van der Waals surface area contributed by atoms with Crippen LogP contribution in [-0.4, -0.2) is 15.6 Å². The van der Waals surface area contributed by atoms with Crippen LogP contribution >= 0.6 is 0 Å². The van der Waals surface area contributed by atoms with Crippen LogP contribution in [0.15, 0.2) is 24.3 Å². The molecule has 0 aliphatic carbocycles. The van der Waals surface area contributed by atoms with E-state index < -0.39 is 0 Å². The van der Waals surface area contributed by atoms with E-state index in [0.29, 0.717) is 12.1 Å². The first-order valence-electron chi connectivity index (χ1n) is 4.99. The minimum atomic E-state index is 0.00370. The predicted molar refractivity (Wildman–Crippen MR) is 59.3 cm³/mol. The molecule has 1 aromatic heterocycles. The molecule has 0 radical (unpaired) electrons. The molecule has 0 aliphatic rings. The molecule has 0 fully saturated rings. The molecule has 15 heavy (non-hydrogen) atoms. The van der Waals surface area contributed by atoms with Gasteiger partial charge in [-0.05, 0) is 19.1 Å². The van der Waals surface area contributed by atoms with Gasteiger partial charge in [0.05, 0.1) is 11.2 Å². The van der Waals surface area contributed by atoms with E-state index in [0.717, 1.165) is 10.9 Å². The summed E-state index contributed by atoms with van der Waals surface area (Å²) in [5, 5.41) is 10.6. The Morgan fingerprint density at radius 1 is 1.40 bits per heavy atom. The van der Waals surface area contributed by atoms with E-state index in [4.69, 9.17) is 0 Å². The minimum absolute atomic E-state index is 0.00370. The van der Waals surface area contributed by atoms with Gasteiger partial charge in [0.15, 0.2) is 0 Å². The third kappa shape index (κ3) is 1.31. The van der Waals surface area contributed by atoms with Gasteiger partial charge in [-0.25, -0.2) is 0 Å². The van der Waals surface area contributed by atoms with E-state index in [1.165, 1.54) is 0 Å². The van der Waals surface area contributed by atoms with Crippen LogP contribution in [0.3, 0.4) is 0 Å². The van der Waals surface area contributed by atoms with Gasteiger partial charge in [-0.2, -0.15) is 0 Å². The number of carbonyl (C=O) groups is 1. The lowest BCUT2D eigenvalue weighted by molar-refractivity contribution is 0.0911. The lowest BCUT2D eigenvalue weighted by Crippen LogP contribution is -2.09. The third-order valence-corrected chi connectivity index (χ3v) is 2.63. The van der Waals surface area contributed by atoms with Gasteiger partial charge in [-0.15, -0.1) is 0 Å². The summed E-state index contributed by atoms with van der Waals surface area (Å²) in [6.07, 6.45) is 0.430. The number of aromatic nitrogens is 1. The van der Waals surface area contributed by atoms with Crippen LogP contribution < -0.4 is 0 Å². The zero-order chi connectivity index (χ0) is 11.0. The zero-order valence-corrected chi connectivity index (χ0v) is 8.82. The standard InChI is InChI=1S/C12H13NO2/c1-3-11(14)13-8(2)12(15)9-6-4-5-7-10(9)13/h4-7,15H,3H2,1-2H3. The second kappa shape index (κ2) is 3.42. The van der Waals surface area contributed by atoms with E-state index in [1.54, 1.807) is 11.5 Å². The van der Waals surface area contributed by atoms with Gasteiger partial charge in [0.25, 0.3) is 0 Å². The molecule has 0 saturated heterocycles. The molecule has 0 spiro atoms. The molecule has 0 aliphatic heterocycles. The highest BCUT2D eigenvalue weighted by Gasteiger charge is 2.15. The van der Waals surface area contributed by atoms with Crippen molar-refractivity contribution in [1.82, 2.24) is 4.57 Å². The molecule has 3 heteroatoms. The number of aromatic hydroxyl groups is 1. The van der Waals surface area contributed by atoms with Crippen LogP contribution in [0.25, 0.3) is 10.9 Å². The summed E-state index contributed by atoms with van der Waals surface area (Å²) in [7, 11) is 0. The zero-order valence-electron chi connectivity index (χ0n) is 8.82. The summed E-state index contributed by atoms with van der Waals surface area (Å²) in [6.45, 7) is 3.57. The van der Waals surface area contributed by atoms with Crippen molar-refractivity contribution < 1.29 is 9.90 Å². The van der Waals surface area contributed by atoms with Crippen LogP contribution in [0, 0.1) is 6.92 Å². The number of hydrogen-bond acceptors (Lipinski definition) is 2. The quantitative estimate of drug-likeness (QED) is 0.774. The molecule has 0 bridgehead atoms. The molecule has 0 amide bonds. The maximum atomic E-state index is 11.7. The topological polar surface area (TPSA) is 42.2 Å². The Kier molecular flexibility index (Phi) is 2.23. The van der Waals surface area contributed by atoms with E-state index in [-0.39, 0.29) is 11.7 Å². The van der Waals surface area contributed by atoms with E-state index in [2.05, 4.69) is 0 Å². The fourth-order valence-corrected chi connectivity index (χ4v) is 1.83. The summed E-state index contributed by atoms with van der Waals surface area (Å²) < 4.78 is 1.57. The smallest absolute Gasteiger partial charge is 0.231 e. The van der Waals surface area contributed by atoms with Crippen molar-refractivity contribution in [3.05, 3.63) is 30.0 Å². The Labute approximate surface area is 87.9 Å². The number of benzene rings is 1. The van der Waals surface area contributed by atoms with Gasteiger partial charge in [-0.1, -0.05) is 19.1 Å². The van der Waals surface area contributed by atoms with Crippen molar-refractivity contribution >= 4 is 16.8 Å². The first kappa shape index (κ1) is 9.77. The van der Waals surface area contributed by atoms with Gasteiger partial charge in [0.2, 0.25) is 5.91 Å². The van der Waals surface area contributed by atoms with Crippen molar-refractivity contribution in [2.75, 3.05) is 0 Å². The maximum Gasteiger partial charge on any atom is 0.231 e. The van der Waals surface area contributed by atoms with Gasteiger partial charge in [-0.3, -0.25) is 9.36 Å². The van der Waals surface area contributed by atoms with Crippen molar-refractivity contribution in [1.29, 1.82) is 0 Å². The lowest BCUT2D eigenvalue weighted by atomic mass is 10.2. The molecule has 0 atom stereocenters. The van der Waals surface area contributed by atoms with Gasteiger partial charge in [0.1, 0.15) is 5.75 Å². The number of rotatable bonds is 1. The second-order valence-corrected chi connectivity index (χ2v) is 3.53. The number of hydrogen-bond donors (Lipinski definition) is 1. The van der Waals surface area contributed by atoms with E-state index >= 15 is 0 Å². The van der Waals surface area contributed by atoms with Crippen molar-refractivity contribution in [2.24, 2.45) is 0 Å². The summed E-state index contributed by atoms with van der Waals surface area (Å²) in [5.41, 5.74) is 1.39. The summed E-state index contributed by atoms with van der Waals surface area (Å²) in [6, 6.07) is 7.37. The van der Waals surface area contributed by atoms with Crippen molar-refractivity contribution in [3.63, 3.8) is 0 Å². The van der Waals surface area contributed by atoms with Gasteiger partial charge in [0, 0.05) is 11.8 Å². The molecule has 0 saturated carbocycles. The van der Waals surface area contributed by atoms with Gasteiger partial charge >= 0.3 is 0 Å². The molecule has 0 unspecified atom stereocenters. The van der Waals surface area contributed by atoms with Crippen molar-refractivity contribution in [3.8, 4) is 5.75 Å². The molecular weight excluding hydrogens is 190 g/mol. The normalized spacial score (nSPS) is 10.8. The first-order valence-corrected chi connectivity index (χ1v) is 4.99. The molecule has 1 heterocycles. The number of para-hydroxylation sites is 1. The molecule has 3 nitrogen and oxygen atoms in total. The monoisotopic (exact) mass is 203 g/mol. The fourth-order valence-electron chi connectivity index (χ4n) is 1.83. The predicted octanol–water partition coefficient (Wildman–Crippen LogP) is 2.71. The Morgan fingerprint density at radius 2 is 2.07 bits per heavy atom. The van der Waals surface area contributed by atoms with Crippen LogP contribution in [0.5, 0.6) is 5.75 Å². The van der Waals surface area contributed by atoms with Crippen LogP contribution in [0.2, 0.25) is 0 Å². The number of carbonyl (C=O) groups excluding carboxylic acids is 1. The highest BCUT2D eigenvalue weighted by atomic mass is 16.3. The summed E-state index contributed by atoms with van der Waals surface area (Å²) >= 11 is 0. The van der Waals surface area contributed by atoms with Crippen LogP contribution in [0.1, 0.15) is 23.8 Å². The molecule has 1 N–H and O–H groups in total. The summed E-state index contributed by atoms with van der Waals surface area (Å²) in [5.74, 6) is 0.205. The maximum absolute atomic E-state index is 11.7. The molecule has 2 rings (SSSR count). The molecule has 2 aromatic rings. The Hall–Kier alpha value is -1.77. The van der Waals surface area contributed by atoms with E-state index in [1.807, 2.05) is 31.2 Å². The lowest BCUT2D eigenvalue weighted by Gasteiger charge is -2.03. The third-order valence-electron chi connectivity index (χ3n) is 2.63. The SMILES string of the molecule is CCC(=O)n1c(C)c(O)c2ccccc21. The molecule has 1 aromatic carbocycles. The highest BCUT2D eigenvalue weighted by molar-refractivity contribution is 5.97. The Bertz CT molecular complexity index is 526. The van der Waals surface area contributed by atoms with E-state index in [9.17, 15) is 9.90 Å². The Morgan fingerprint density at radius 3 is 2.73 bits per heavy atom. The Balaban J connectivity index is 2.83. The average Bonchev–Trinajstić information content (AvgIpc) is 2.52. The molecular formula is C12H13NO2. The highest BCUT2D eigenvalue weighted by Crippen LogP contribution is 2.31. The molecule has 78 valence electrons. The first-order chi connectivity index (χ1) is 7.16. The largest absolute Gasteiger partial charge is 0.505 e. The number of nitrogens with zero attached hydrogens (tertiary/aromatic N) is 1. The fraction of sp³-hybridized carbons (Fsp3) is 0.250. The average molecular weight is 203 g/mol.